The minimum atomic E-state index is 0.443. The molecule has 1 aliphatic rings. The van der Waals surface area contributed by atoms with Gasteiger partial charge in [0.15, 0.2) is 0 Å². The Morgan fingerprint density at radius 1 is 1.04 bits per heavy atom. The third-order valence-corrected chi connectivity index (χ3v) is 4.71. The van der Waals surface area contributed by atoms with Crippen LogP contribution in [0, 0.1) is 0 Å². The van der Waals surface area contributed by atoms with Crippen molar-refractivity contribution in [2.45, 2.75) is 18.9 Å². The Labute approximate surface area is 151 Å². The molecule has 0 bridgehead atoms. The van der Waals surface area contributed by atoms with Crippen LogP contribution in [-0.4, -0.2) is 38.3 Å². The molecule has 128 valence electrons. The van der Waals surface area contributed by atoms with Crippen LogP contribution >= 0.6 is 15.9 Å². The fraction of sp³-hybridized carbons (Fsp3) is 0.389. The van der Waals surface area contributed by atoms with E-state index in [1.54, 1.807) is 14.2 Å². The minimum Gasteiger partial charge on any atom is -0.497 e. The molecule has 6 heteroatoms. The Hall–Kier alpha value is -1.95. The van der Waals surface area contributed by atoms with Gasteiger partial charge in [-0.2, -0.15) is 0 Å². The van der Waals surface area contributed by atoms with E-state index in [-0.39, 0.29) is 0 Å². The van der Waals surface area contributed by atoms with Gasteiger partial charge >= 0.3 is 0 Å². The Balaban J connectivity index is 1.61. The molecule has 0 aliphatic carbocycles. The molecule has 0 radical (unpaired) electrons. The summed E-state index contributed by atoms with van der Waals surface area (Å²) in [4.78, 5) is 6.63. The molecule has 0 atom stereocenters. The molecule has 5 nitrogen and oxygen atoms in total. The molecule has 1 N–H and O–H groups in total. The molecular formula is C18H22BrN3O2. The number of anilines is 2. The summed E-state index contributed by atoms with van der Waals surface area (Å²) in [6.07, 6.45) is 5.89. The molecule has 1 aromatic carbocycles. The molecule has 24 heavy (non-hydrogen) atoms. The molecule has 0 spiro atoms. The first-order valence-corrected chi connectivity index (χ1v) is 8.82. The number of aromatic nitrogens is 1. The van der Waals surface area contributed by atoms with E-state index in [4.69, 9.17) is 9.47 Å². The molecule has 2 heterocycles. The predicted octanol–water partition coefficient (Wildman–Crippen LogP) is 3.94. The lowest BCUT2D eigenvalue weighted by Crippen LogP contribution is -2.39. The molecule has 1 saturated heterocycles. The van der Waals surface area contributed by atoms with Gasteiger partial charge < -0.3 is 19.7 Å². The van der Waals surface area contributed by atoms with Gasteiger partial charge in [-0.3, -0.25) is 4.98 Å². The van der Waals surface area contributed by atoms with E-state index in [1.807, 2.05) is 30.6 Å². The second-order valence-corrected chi connectivity index (χ2v) is 6.78. The van der Waals surface area contributed by atoms with E-state index in [9.17, 15) is 0 Å². The Morgan fingerprint density at radius 2 is 1.71 bits per heavy atom. The van der Waals surface area contributed by atoms with Crippen LogP contribution in [0.2, 0.25) is 0 Å². The Kier molecular flexibility index (Phi) is 5.45. The van der Waals surface area contributed by atoms with E-state index in [0.29, 0.717) is 6.04 Å². The standard InChI is InChI=1S/C18H22BrN3O2/c1-23-17-8-15(9-18(10-17)24-2)21-14-3-5-22(6-4-14)16-7-13(19)11-20-12-16/h7-12,14,21H,3-6H2,1-2H3. The number of rotatable bonds is 5. The van der Waals surface area contributed by atoms with Gasteiger partial charge in [-0.1, -0.05) is 0 Å². The first-order chi connectivity index (χ1) is 11.7. The second-order valence-electron chi connectivity index (χ2n) is 5.87. The molecule has 2 aromatic rings. The highest BCUT2D eigenvalue weighted by Gasteiger charge is 2.20. The number of halogens is 1. The molecule has 3 rings (SSSR count). The average Bonchev–Trinajstić information content (AvgIpc) is 2.62. The van der Waals surface area contributed by atoms with Gasteiger partial charge in [0.25, 0.3) is 0 Å². The van der Waals surface area contributed by atoms with Crippen LogP contribution in [0.4, 0.5) is 11.4 Å². The summed E-state index contributed by atoms with van der Waals surface area (Å²) in [5.74, 6) is 1.60. The fourth-order valence-electron chi connectivity index (χ4n) is 2.98. The molecule has 0 unspecified atom stereocenters. The summed E-state index contributed by atoms with van der Waals surface area (Å²) in [5, 5.41) is 3.60. The number of hydrogen-bond acceptors (Lipinski definition) is 5. The lowest BCUT2D eigenvalue weighted by atomic mass is 10.0. The second kappa shape index (κ2) is 7.75. The summed E-state index contributed by atoms with van der Waals surface area (Å²) in [6.45, 7) is 2.02. The Bertz CT molecular complexity index is 665. The number of pyridine rings is 1. The highest BCUT2D eigenvalue weighted by Crippen LogP contribution is 2.28. The van der Waals surface area contributed by atoms with Crippen molar-refractivity contribution >= 4 is 27.3 Å². The van der Waals surface area contributed by atoms with E-state index >= 15 is 0 Å². The molecule has 1 aliphatic heterocycles. The zero-order valence-electron chi connectivity index (χ0n) is 14.0. The molecule has 0 saturated carbocycles. The fourth-order valence-corrected chi connectivity index (χ4v) is 3.33. The van der Waals surface area contributed by atoms with Crippen molar-refractivity contribution < 1.29 is 9.47 Å². The van der Waals surface area contributed by atoms with Crippen LogP contribution in [0.25, 0.3) is 0 Å². The molecule has 1 aromatic heterocycles. The maximum atomic E-state index is 5.33. The highest BCUT2D eigenvalue weighted by molar-refractivity contribution is 9.10. The van der Waals surface area contributed by atoms with Crippen LogP contribution in [0.3, 0.4) is 0 Å². The van der Waals surface area contributed by atoms with E-state index in [2.05, 4.69) is 37.2 Å². The van der Waals surface area contributed by atoms with E-state index in [1.165, 1.54) is 5.69 Å². The van der Waals surface area contributed by atoms with Gasteiger partial charge in [-0.15, -0.1) is 0 Å². The number of methoxy groups -OCH3 is 2. The lowest BCUT2D eigenvalue weighted by molar-refractivity contribution is 0.394. The van der Waals surface area contributed by atoms with E-state index < -0.39 is 0 Å². The SMILES string of the molecule is COc1cc(NC2CCN(c3cncc(Br)c3)CC2)cc(OC)c1. The first kappa shape index (κ1) is 16.9. The van der Waals surface area contributed by atoms with Crippen molar-refractivity contribution in [3.8, 4) is 11.5 Å². The smallest absolute Gasteiger partial charge is 0.124 e. The monoisotopic (exact) mass is 391 g/mol. The largest absolute Gasteiger partial charge is 0.497 e. The third kappa shape index (κ3) is 4.12. The van der Waals surface area contributed by atoms with Gasteiger partial charge in [0.05, 0.1) is 26.1 Å². The average molecular weight is 392 g/mol. The maximum Gasteiger partial charge on any atom is 0.124 e. The highest BCUT2D eigenvalue weighted by atomic mass is 79.9. The van der Waals surface area contributed by atoms with Crippen molar-refractivity contribution in [2.24, 2.45) is 0 Å². The minimum absolute atomic E-state index is 0.443. The van der Waals surface area contributed by atoms with Crippen molar-refractivity contribution in [3.05, 3.63) is 41.1 Å². The lowest BCUT2D eigenvalue weighted by Gasteiger charge is -2.34. The number of nitrogens with zero attached hydrogens (tertiary/aromatic N) is 2. The summed E-state index contributed by atoms with van der Waals surface area (Å²) < 4.78 is 11.7. The van der Waals surface area contributed by atoms with E-state index in [0.717, 1.165) is 47.6 Å². The third-order valence-electron chi connectivity index (χ3n) is 4.27. The Morgan fingerprint density at radius 3 is 2.29 bits per heavy atom. The zero-order valence-corrected chi connectivity index (χ0v) is 15.5. The number of hydrogen-bond donors (Lipinski definition) is 1. The summed E-state index contributed by atoms with van der Waals surface area (Å²) >= 11 is 3.49. The summed E-state index contributed by atoms with van der Waals surface area (Å²) in [5.41, 5.74) is 2.21. The van der Waals surface area contributed by atoms with Gasteiger partial charge in [0.1, 0.15) is 11.5 Å². The van der Waals surface area contributed by atoms with Gasteiger partial charge in [0.2, 0.25) is 0 Å². The topological polar surface area (TPSA) is 46.6 Å². The number of ether oxygens (including phenoxy) is 2. The summed E-state index contributed by atoms with van der Waals surface area (Å²) in [6, 6.07) is 8.46. The predicted molar refractivity (Wildman–Crippen MR) is 100 cm³/mol. The van der Waals surface area contributed by atoms with Crippen molar-refractivity contribution in [1.29, 1.82) is 0 Å². The van der Waals surface area contributed by atoms with Crippen LogP contribution in [0.1, 0.15) is 12.8 Å². The zero-order chi connectivity index (χ0) is 16.9. The maximum absolute atomic E-state index is 5.33. The number of piperidine rings is 1. The van der Waals surface area contributed by atoms with Crippen molar-refractivity contribution in [3.63, 3.8) is 0 Å². The number of nitrogens with one attached hydrogen (secondary N) is 1. The van der Waals surface area contributed by atoms with Gasteiger partial charge in [0, 0.05) is 53.7 Å². The number of benzene rings is 1. The normalized spacial score (nSPS) is 15.2. The van der Waals surface area contributed by atoms with Crippen LogP contribution in [0.5, 0.6) is 11.5 Å². The van der Waals surface area contributed by atoms with Gasteiger partial charge in [-0.05, 0) is 34.8 Å². The first-order valence-electron chi connectivity index (χ1n) is 8.03. The van der Waals surface area contributed by atoms with Crippen molar-refractivity contribution in [1.82, 2.24) is 4.98 Å². The summed E-state index contributed by atoms with van der Waals surface area (Å²) in [7, 11) is 3.34. The molecular weight excluding hydrogens is 370 g/mol. The van der Waals surface area contributed by atoms with Gasteiger partial charge in [-0.25, -0.2) is 0 Å². The molecule has 1 fully saturated rings. The van der Waals surface area contributed by atoms with Crippen LogP contribution in [0.15, 0.2) is 41.1 Å². The molecule has 0 amide bonds. The van der Waals surface area contributed by atoms with Crippen LogP contribution in [-0.2, 0) is 0 Å². The van der Waals surface area contributed by atoms with Crippen molar-refractivity contribution in [2.75, 3.05) is 37.5 Å². The quantitative estimate of drug-likeness (QED) is 0.835. The van der Waals surface area contributed by atoms with Crippen LogP contribution < -0.4 is 19.7 Å².